The zero-order valence-corrected chi connectivity index (χ0v) is 16.3. The van der Waals surface area contributed by atoms with Gasteiger partial charge in [0.1, 0.15) is 5.75 Å². The Kier molecular flexibility index (Phi) is 6.69. The zero-order chi connectivity index (χ0) is 18.4. The van der Waals surface area contributed by atoms with E-state index in [1.165, 1.54) is 23.2 Å². The number of hydrogen-bond acceptors (Lipinski definition) is 4. The SMILES string of the molecule is CCCn1ncc(CN(Cc2ccccc2OC)C[C@@H]2CCCO2)c1C. The van der Waals surface area contributed by atoms with Gasteiger partial charge >= 0.3 is 0 Å². The molecule has 1 saturated heterocycles. The molecule has 5 nitrogen and oxygen atoms in total. The third kappa shape index (κ3) is 4.65. The van der Waals surface area contributed by atoms with Crippen LogP contribution in [-0.2, 0) is 24.4 Å². The molecule has 1 fully saturated rings. The summed E-state index contributed by atoms with van der Waals surface area (Å²) in [7, 11) is 1.74. The summed E-state index contributed by atoms with van der Waals surface area (Å²) in [4.78, 5) is 2.47. The number of rotatable bonds is 9. The normalized spacial score (nSPS) is 17.2. The maximum Gasteiger partial charge on any atom is 0.123 e. The molecule has 2 aromatic rings. The molecular weight excluding hydrogens is 326 g/mol. The lowest BCUT2D eigenvalue weighted by Crippen LogP contribution is -2.31. The number of hydrogen-bond donors (Lipinski definition) is 0. The van der Waals surface area contributed by atoms with Crippen LogP contribution in [0.3, 0.4) is 0 Å². The Hall–Kier alpha value is -1.85. The van der Waals surface area contributed by atoms with Crippen molar-refractivity contribution in [2.45, 2.75) is 58.8 Å². The van der Waals surface area contributed by atoms with Crippen molar-refractivity contribution in [2.24, 2.45) is 0 Å². The van der Waals surface area contributed by atoms with Crippen molar-refractivity contribution < 1.29 is 9.47 Å². The molecule has 142 valence electrons. The molecule has 1 aliphatic heterocycles. The highest BCUT2D eigenvalue weighted by atomic mass is 16.5. The summed E-state index contributed by atoms with van der Waals surface area (Å²) in [5, 5.41) is 4.57. The Bertz CT molecular complexity index is 692. The van der Waals surface area contributed by atoms with Gasteiger partial charge in [-0.1, -0.05) is 25.1 Å². The van der Waals surface area contributed by atoms with Crippen LogP contribution >= 0.6 is 0 Å². The first-order valence-corrected chi connectivity index (χ1v) is 9.68. The molecule has 3 rings (SSSR count). The van der Waals surface area contributed by atoms with Gasteiger partial charge in [0.2, 0.25) is 0 Å². The Morgan fingerprint density at radius 3 is 2.81 bits per heavy atom. The number of ether oxygens (including phenoxy) is 2. The summed E-state index contributed by atoms with van der Waals surface area (Å²) in [5.74, 6) is 0.947. The summed E-state index contributed by atoms with van der Waals surface area (Å²) < 4.78 is 13.6. The van der Waals surface area contributed by atoms with Crippen LogP contribution < -0.4 is 4.74 Å². The van der Waals surface area contributed by atoms with Crippen molar-refractivity contribution in [3.05, 3.63) is 47.3 Å². The maximum absolute atomic E-state index is 5.90. The average molecular weight is 357 g/mol. The molecule has 26 heavy (non-hydrogen) atoms. The lowest BCUT2D eigenvalue weighted by Gasteiger charge is -2.26. The summed E-state index contributed by atoms with van der Waals surface area (Å²) >= 11 is 0. The molecule has 5 heteroatoms. The number of aromatic nitrogens is 2. The fourth-order valence-electron chi connectivity index (χ4n) is 3.65. The van der Waals surface area contributed by atoms with Gasteiger partial charge in [0.05, 0.1) is 19.4 Å². The molecule has 1 aromatic carbocycles. The molecule has 2 heterocycles. The molecule has 0 spiro atoms. The predicted molar refractivity (Wildman–Crippen MR) is 103 cm³/mol. The van der Waals surface area contributed by atoms with Gasteiger partial charge in [0.25, 0.3) is 0 Å². The molecule has 0 aliphatic carbocycles. The lowest BCUT2D eigenvalue weighted by molar-refractivity contribution is 0.0675. The molecule has 0 amide bonds. The van der Waals surface area contributed by atoms with Crippen LogP contribution in [0.25, 0.3) is 0 Å². The number of aryl methyl sites for hydroxylation is 1. The van der Waals surface area contributed by atoms with Gasteiger partial charge in [-0.25, -0.2) is 0 Å². The molecule has 0 N–H and O–H groups in total. The van der Waals surface area contributed by atoms with Crippen molar-refractivity contribution in [3.63, 3.8) is 0 Å². The molecule has 0 radical (unpaired) electrons. The largest absolute Gasteiger partial charge is 0.496 e. The van der Waals surface area contributed by atoms with E-state index < -0.39 is 0 Å². The summed E-state index contributed by atoms with van der Waals surface area (Å²) in [5.41, 5.74) is 3.78. The van der Waals surface area contributed by atoms with E-state index in [-0.39, 0.29) is 0 Å². The number of para-hydroxylation sites is 1. The Labute approximate surface area is 156 Å². The molecule has 0 unspecified atom stereocenters. The lowest BCUT2D eigenvalue weighted by atomic mass is 10.1. The van der Waals surface area contributed by atoms with Crippen LogP contribution in [0.2, 0.25) is 0 Å². The monoisotopic (exact) mass is 357 g/mol. The van der Waals surface area contributed by atoms with Crippen molar-refractivity contribution in [3.8, 4) is 5.75 Å². The van der Waals surface area contributed by atoms with E-state index in [1.807, 2.05) is 18.3 Å². The Balaban J connectivity index is 1.76. The minimum Gasteiger partial charge on any atom is -0.496 e. The molecule has 1 aromatic heterocycles. The van der Waals surface area contributed by atoms with Crippen molar-refractivity contribution in [1.82, 2.24) is 14.7 Å². The van der Waals surface area contributed by atoms with E-state index in [9.17, 15) is 0 Å². The van der Waals surface area contributed by atoms with Gasteiger partial charge in [-0.2, -0.15) is 5.10 Å². The van der Waals surface area contributed by atoms with Crippen LogP contribution in [0.4, 0.5) is 0 Å². The van der Waals surface area contributed by atoms with Crippen LogP contribution in [0, 0.1) is 6.92 Å². The first-order chi connectivity index (χ1) is 12.7. The Morgan fingerprint density at radius 2 is 2.08 bits per heavy atom. The second-order valence-corrected chi connectivity index (χ2v) is 7.09. The van der Waals surface area contributed by atoms with Gasteiger partial charge in [-0.05, 0) is 32.3 Å². The highest BCUT2D eigenvalue weighted by Gasteiger charge is 2.21. The van der Waals surface area contributed by atoms with E-state index in [0.717, 1.165) is 51.4 Å². The quantitative estimate of drug-likeness (QED) is 0.684. The molecule has 1 aliphatic rings. The van der Waals surface area contributed by atoms with Crippen molar-refractivity contribution >= 4 is 0 Å². The number of nitrogens with zero attached hydrogens (tertiary/aromatic N) is 3. The first-order valence-electron chi connectivity index (χ1n) is 9.68. The van der Waals surface area contributed by atoms with Gasteiger partial charge in [0.15, 0.2) is 0 Å². The van der Waals surface area contributed by atoms with E-state index in [4.69, 9.17) is 9.47 Å². The molecular formula is C21H31N3O2. The van der Waals surface area contributed by atoms with Crippen molar-refractivity contribution in [2.75, 3.05) is 20.3 Å². The molecule has 1 atom stereocenters. The number of methoxy groups -OCH3 is 1. The third-order valence-corrected chi connectivity index (χ3v) is 5.11. The fourth-order valence-corrected chi connectivity index (χ4v) is 3.65. The highest BCUT2D eigenvalue weighted by molar-refractivity contribution is 5.33. The van der Waals surface area contributed by atoms with E-state index >= 15 is 0 Å². The zero-order valence-electron chi connectivity index (χ0n) is 16.3. The number of benzene rings is 1. The van der Waals surface area contributed by atoms with Gasteiger partial charge in [0, 0.05) is 49.6 Å². The first kappa shape index (κ1) is 18.9. The summed E-state index contributed by atoms with van der Waals surface area (Å²) in [6, 6.07) is 8.27. The van der Waals surface area contributed by atoms with E-state index in [1.54, 1.807) is 7.11 Å². The van der Waals surface area contributed by atoms with Gasteiger partial charge in [-0.3, -0.25) is 9.58 Å². The standard InChI is InChI=1S/C21H31N3O2/c1-4-11-24-17(2)19(13-22-24)15-23(16-20-9-7-12-26-20)14-18-8-5-6-10-21(18)25-3/h5-6,8,10,13,20H,4,7,9,11-12,14-16H2,1-3H3/t20-/m0/s1. The van der Waals surface area contributed by atoms with Gasteiger partial charge in [-0.15, -0.1) is 0 Å². The van der Waals surface area contributed by atoms with Crippen molar-refractivity contribution in [1.29, 1.82) is 0 Å². The van der Waals surface area contributed by atoms with Crippen LogP contribution in [0.5, 0.6) is 5.75 Å². The van der Waals surface area contributed by atoms with E-state index in [0.29, 0.717) is 6.10 Å². The average Bonchev–Trinajstić information content (AvgIpc) is 3.27. The van der Waals surface area contributed by atoms with Gasteiger partial charge < -0.3 is 9.47 Å². The minimum atomic E-state index is 0.329. The summed E-state index contributed by atoms with van der Waals surface area (Å²) in [6.07, 6.45) is 5.77. The van der Waals surface area contributed by atoms with Crippen LogP contribution in [0.1, 0.15) is 43.0 Å². The van der Waals surface area contributed by atoms with Crippen LogP contribution in [0.15, 0.2) is 30.5 Å². The summed E-state index contributed by atoms with van der Waals surface area (Å²) in [6.45, 7) is 8.90. The second-order valence-electron chi connectivity index (χ2n) is 7.09. The highest BCUT2D eigenvalue weighted by Crippen LogP contribution is 2.23. The Morgan fingerprint density at radius 1 is 1.27 bits per heavy atom. The second kappa shape index (κ2) is 9.19. The fraction of sp³-hybridized carbons (Fsp3) is 0.571. The predicted octanol–water partition coefficient (Wildman–Crippen LogP) is 3.79. The molecule has 0 bridgehead atoms. The minimum absolute atomic E-state index is 0.329. The third-order valence-electron chi connectivity index (χ3n) is 5.11. The topological polar surface area (TPSA) is 39.5 Å². The van der Waals surface area contributed by atoms with Crippen LogP contribution in [-0.4, -0.2) is 41.0 Å². The van der Waals surface area contributed by atoms with E-state index in [2.05, 4.69) is 40.7 Å². The maximum atomic E-state index is 5.90. The molecule has 0 saturated carbocycles. The smallest absolute Gasteiger partial charge is 0.123 e.